The molecule has 0 aliphatic heterocycles. The second-order valence-electron chi connectivity index (χ2n) is 4.19. The number of aliphatic hydroxyl groups excluding tert-OH is 1. The highest BCUT2D eigenvalue weighted by Gasteiger charge is 2.88. The van der Waals surface area contributed by atoms with Crippen molar-refractivity contribution in [3.05, 3.63) is 0 Å². The molecule has 0 fully saturated rings. The van der Waals surface area contributed by atoms with Crippen LogP contribution < -0.4 is 0 Å². The van der Waals surface area contributed by atoms with Crippen molar-refractivity contribution >= 4 is 0 Å². The van der Waals surface area contributed by atoms with Crippen LogP contribution in [0.4, 0.5) is 52.7 Å². The molecule has 0 amide bonds. The van der Waals surface area contributed by atoms with Gasteiger partial charge in [0.2, 0.25) is 0 Å². The van der Waals surface area contributed by atoms with Gasteiger partial charge in [0.15, 0.2) is 0 Å². The Hall–Kier alpha value is -1.32. The summed E-state index contributed by atoms with van der Waals surface area (Å²) >= 11 is 0. The summed E-state index contributed by atoms with van der Waals surface area (Å²) in [6.45, 7) is 0. The number of rotatable bonds is 7. The van der Waals surface area contributed by atoms with E-state index < -0.39 is 48.6 Å². The Kier molecular flexibility index (Phi) is 5.61. The number of aliphatic hydroxyl groups is 1. The van der Waals surface area contributed by atoms with Crippen LogP contribution in [-0.4, -0.2) is 47.2 Å². The quantitative estimate of drug-likeness (QED) is 0.534. The van der Waals surface area contributed by atoms with Crippen LogP contribution in [0.3, 0.4) is 0 Å². The smallest absolute Gasteiger partial charge is 0.384 e. The summed E-state index contributed by atoms with van der Waals surface area (Å²) in [7, 11) is 0. The standard InChI is InChI=1S/C10H6F12O/c1-2-3-4(23)6(13,14)8(17,18)10(21,22)9(19,20)7(15,16)5(11)12/h1,4-5,23H,3H2. The lowest BCUT2D eigenvalue weighted by atomic mass is 9.91. The fourth-order valence-electron chi connectivity index (χ4n) is 1.20. The van der Waals surface area contributed by atoms with Gasteiger partial charge in [-0.15, -0.1) is 12.3 Å². The predicted molar refractivity (Wildman–Crippen MR) is 50.2 cm³/mol. The molecule has 13 heteroatoms. The van der Waals surface area contributed by atoms with Crippen LogP contribution >= 0.6 is 0 Å². The number of hydrogen-bond acceptors (Lipinski definition) is 1. The maximum atomic E-state index is 13.1. The van der Waals surface area contributed by atoms with Gasteiger partial charge in [0.25, 0.3) is 0 Å². The summed E-state index contributed by atoms with van der Waals surface area (Å²) in [5.74, 6) is -34.9. The molecule has 0 spiro atoms. The van der Waals surface area contributed by atoms with Crippen LogP contribution in [0, 0.1) is 12.3 Å². The minimum absolute atomic E-state index is 1.12. The van der Waals surface area contributed by atoms with Crippen molar-refractivity contribution in [2.45, 2.75) is 48.6 Å². The monoisotopic (exact) mass is 370 g/mol. The number of halogens is 12. The first-order valence-electron chi connectivity index (χ1n) is 5.21. The molecular weight excluding hydrogens is 364 g/mol. The molecule has 0 bridgehead atoms. The van der Waals surface area contributed by atoms with Gasteiger partial charge in [-0.1, -0.05) is 0 Å². The topological polar surface area (TPSA) is 20.2 Å². The third kappa shape index (κ3) is 2.92. The molecule has 0 saturated heterocycles. The van der Waals surface area contributed by atoms with Crippen molar-refractivity contribution in [1.29, 1.82) is 0 Å². The van der Waals surface area contributed by atoms with Gasteiger partial charge in [-0.2, -0.15) is 43.9 Å². The van der Waals surface area contributed by atoms with Crippen molar-refractivity contribution < 1.29 is 57.8 Å². The Balaban J connectivity index is 6.13. The summed E-state index contributed by atoms with van der Waals surface area (Å²) in [6, 6.07) is 0. The Morgan fingerprint density at radius 3 is 1.39 bits per heavy atom. The molecule has 0 aliphatic carbocycles. The van der Waals surface area contributed by atoms with Crippen LogP contribution in [0.2, 0.25) is 0 Å². The summed E-state index contributed by atoms with van der Waals surface area (Å²) < 4.78 is 152. The van der Waals surface area contributed by atoms with Gasteiger partial charge in [-0.3, -0.25) is 0 Å². The van der Waals surface area contributed by atoms with E-state index in [1.54, 1.807) is 0 Å². The molecular formula is C10H6F12O. The fraction of sp³-hybridized carbons (Fsp3) is 0.800. The predicted octanol–water partition coefficient (Wildman–Crippen LogP) is 3.81. The molecule has 1 N–H and O–H groups in total. The van der Waals surface area contributed by atoms with E-state index in [1.807, 2.05) is 0 Å². The summed E-state index contributed by atoms with van der Waals surface area (Å²) in [5, 5.41) is 8.57. The molecule has 1 nitrogen and oxygen atoms in total. The summed E-state index contributed by atoms with van der Waals surface area (Å²) in [5.41, 5.74) is 0. The zero-order valence-corrected chi connectivity index (χ0v) is 10.4. The molecule has 0 aliphatic rings. The molecule has 1 unspecified atom stereocenters. The van der Waals surface area contributed by atoms with E-state index in [1.165, 1.54) is 0 Å². The first kappa shape index (κ1) is 21.7. The van der Waals surface area contributed by atoms with Crippen LogP contribution in [0.25, 0.3) is 0 Å². The molecule has 0 radical (unpaired) electrons. The summed E-state index contributed by atoms with van der Waals surface area (Å²) in [4.78, 5) is 0. The SMILES string of the molecule is C#CCC(O)C(F)(F)C(F)(F)C(F)(F)C(F)(F)C(F)(F)C(F)F. The molecule has 23 heavy (non-hydrogen) atoms. The van der Waals surface area contributed by atoms with Gasteiger partial charge >= 0.3 is 36.0 Å². The van der Waals surface area contributed by atoms with Crippen LogP contribution in [0.5, 0.6) is 0 Å². The van der Waals surface area contributed by atoms with Crippen molar-refractivity contribution in [3.63, 3.8) is 0 Å². The minimum atomic E-state index is -7.65. The van der Waals surface area contributed by atoms with Gasteiger partial charge < -0.3 is 5.11 Å². The third-order valence-electron chi connectivity index (χ3n) is 2.63. The first-order valence-corrected chi connectivity index (χ1v) is 5.21. The lowest BCUT2D eigenvalue weighted by Crippen LogP contribution is -2.70. The van der Waals surface area contributed by atoms with Crippen molar-refractivity contribution in [3.8, 4) is 12.3 Å². The van der Waals surface area contributed by atoms with Crippen LogP contribution in [0.1, 0.15) is 6.42 Å². The van der Waals surface area contributed by atoms with Crippen molar-refractivity contribution in [1.82, 2.24) is 0 Å². The normalized spacial score (nSPS) is 16.4. The number of hydrogen-bond donors (Lipinski definition) is 1. The lowest BCUT2D eigenvalue weighted by Gasteiger charge is -2.40. The molecule has 0 heterocycles. The zero-order chi connectivity index (χ0) is 19.1. The maximum Gasteiger partial charge on any atom is 0.384 e. The third-order valence-corrected chi connectivity index (χ3v) is 2.63. The van der Waals surface area contributed by atoms with Crippen molar-refractivity contribution in [2.24, 2.45) is 0 Å². The van der Waals surface area contributed by atoms with E-state index in [0.717, 1.165) is 5.92 Å². The van der Waals surface area contributed by atoms with Gasteiger partial charge in [-0.05, 0) is 0 Å². The molecule has 1 atom stereocenters. The van der Waals surface area contributed by atoms with E-state index >= 15 is 0 Å². The van der Waals surface area contributed by atoms with E-state index in [0.29, 0.717) is 0 Å². The van der Waals surface area contributed by atoms with E-state index in [2.05, 4.69) is 6.42 Å². The molecule has 0 saturated carbocycles. The highest BCUT2D eigenvalue weighted by atomic mass is 19.4. The Morgan fingerprint density at radius 2 is 1.09 bits per heavy atom. The van der Waals surface area contributed by atoms with Crippen molar-refractivity contribution in [2.75, 3.05) is 0 Å². The summed E-state index contributed by atoms with van der Waals surface area (Å²) in [6.07, 6.45) is -6.81. The molecule has 0 aromatic carbocycles. The lowest BCUT2D eigenvalue weighted by molar-refractivity contribution is -0.419. The fourth-order valence-corrected chi connectivity index (χ4v) is 1.20. The average Bonchev–Trinajstić information content (AvgIpc) is 2.37. The Labute approximate surface area is 120 Å². The Morgan fingerprint density at radius 1 is 0.739 bits per heavy atom. The second kappa shape index (κ2) is 5.95. The molecule has 0 aromatic heterocycles. The Bertz CT molecular complexity index is 463. The van der Waals surface area contributed by atoms with Crippen LogP contribution in [-0.2, 0) is 0 Å². The maximum absolute atomic E-state index is 13.1. The molecule has 0 rings (SSSR count). The van der Waals surface area contributed by atoms with Gasteiger partial charge in [0, 0.05) is 6.42 Å². The van der Waals surface area contributed by atoms with E-state index in [-0.39, 0.29) is 0 Å². The zero-order valence-electron chi connectivity index (χ0n) is 10.4. The number of alkyl halides is 12. The van der Waals surface area contributed by atoms with Gasteiger partial charge in [-0.25, -0.2) is 8.78 Å². The molecule has 0 aromatic rings. The van der Waals surface area contributed by atoms with Gasteiger partial charge in [0.1, 0.15) is 6.10 Å². The first-order chi connectivity index (χ1) is 9.92. The molecule has 136 valence electrons. The van der Waals surface area contributed by atoms with E-state index in [9.17, 15) is 52.7 Å². The highest BCUT2D eigenvalue weighted by Crippen LogP contribution is 2.58. The largest absolute Gasteiger partial charge is 0.386 e. The second-order valence-corrected chi connectivity index (χ2v) is 4.19. The van der Waals surface area contributed by atoms with Crippen LogP contribution in [0.15, 0.2) is 0 Å². The highest BCUT2D eigenvalue weighted by molar-refractivity contribution is 5.11. The van der Waals surface area contributed by atoms with Gasteiger partial charge in [0.05, 0.1) is 0 Å². The van der Waals surface area contributed by atoms with E-state index in [4.69, 9.17) is 5.11 Å². The average molecular weight is 370 g/mol. The number of terminal acetylenes is 1. The minimum Gasteiger partial charge on any atom is -0.386 e.